The van der Waals surface area contributed by atoms with Gasteiger partial charge in [0.25, 0.3) is 5.79 Å². The van der Waals surface area contributed by atoms with Gasteiger partial charge >= 0.3 is 11.9 Å². The van der Waals surface area contributed by atoms with Crippen molar-refractivity contribution in [3.8, 4) is 0 Å². The van der Waals surface area contributed by atoms with Crippen LogP contribution in [0.5, 0.6) is 0 Å². The zero-order chi connectivity index (χ0) is 26.0. The second-order valence-corrected chi connectivity index (χ2v) is 9.91. The molecule has 1 aliphatic rings. The molecule has 2 rings (SSSR count). The molecule has 1 heterocycles. The first-order valence-corrected chi connectivity index (χ1v) is 12.5. The van der Waals surface area contributed by atoms with E-state index in [0.717, 1.165) is 5.56 Å². The molecule has 1 unspecified atom stereocenters. The predicted molar refractivity (Wildman–Crippen MR) is 134 cm³/mol. The highest BCUT2D eigenvalue weighted by Crippen LogP contribution is 2.32. The fourth-order valence-corrected chi connectivity index (χ4v) is 4.42. The largest absolute Gasteiger partial charge is 0.422 e. The molecule has 0 aromatic heterocycles. The smallest absolute Gasteiger partial charge is 0.324 e. The lowest BCUT2D eigenvalue weighted by Crippen LogP contribution is -2.48. The number of cyclic esters (lactones) is 2. The second-order valence-electron chi connectivity index (χ2n) is 8.57. The molecule has 1 saturated heterocycles. The quantitative estimate of drug-likeness (QED) is 0.126. The van der Waals surface area contributed by atoms with Gasteiger partial charge in [-0.3, -0.25) is 9.59 Å². The molecular formula is C27H34O7S. The number of aryl methyl sites for hydroxylation is 1. The molecule has 35 heavy (non-hydrogen) atoms. The third kappa shape index (κ3) is 8.42. The van der Waals surface area contributed by atoms with Crippen molar-refractivity contribution in [1.29, 1.82) is 0 Å². The van der Waals surface area contributed by atoms with Gasteiger partial charge in [-0.15, -0.1) is 13.2 Å². The summed E-state index contributed by atoms with van der Waals surface area (Å²) < 4.78 is 34.4. The van der Waals surface area contributed by atoms with Gasteiger partial charge in [0.05, 0.1) is 16.9 Å². The summed E-state index contributed by atoms with van der Waals surface area (Å²) in [6.45, 7) is 12.5. The van der Waals surface area contributed by atoms with E-state index in [0.29, 0.717) is 23.3 Å². The van der Waals surface area contributed by atoms with Crippen molar-refractivity contribution in [2.75, 3.05) is 13.9 Å². The summed E-state index contributed by atoms with van der Waals surface area (Å²) >= 11 is 0. The Balaban J connectivity index is 2.47. The SMILES string of the molecule is C=CC[C@@H](/C=C(/C=C\S(=O)c1ccc(C)cc1)[C@@H](CC=C)OCOC)C1C(=O)OC(C)(C)OC1=O. The molecule has 1 aliphatic heterocycles. The Bertz CT molecular complexity index is 971. The van der Waals surface area contributed by atoms with Gasteiger partial charge < -0.3 is 18.9 Å². The van der Waals surface area contributed by atoms with Crippen LogP contribution in [0.4, 0.5) is 0 Å². The van der Waals surface area contributed by atoms with E-state index in [1.54, 1.807) is 41.8 Å². The van der Waals surface area contributed by atoms with Crippen LogP contribution in [0.2, 0.25) is 0 Å². The summed E-state index contributed by atoms with van der Waals surface area (Å²) in [5.41, 5.74) is 1.68. The van der Waals surface area contributed by atoms with Crippen LogP contribution >= 0.6 is 0 Å². The van der Waals surface area contributed by atoms with Crippen LogP contribution in [0.3, 0.4) is 0 Å². The molecule has 0 radical (unpaired) electrons. The van der Waals surface area contributed by atoms with Crippen LogP contribution in [0.1, 0.15) is 32.3 Å². The highest BCUT2D eigenvalue weighted by molar-refractivity contribution is 7.88. The average Bonchev–Trinajstić information content (AvgIpc) is 2.78. The molecule has 0 spiro atoms. The molecule has 7 nitrogen and oxygen atoms in total. The standard InChI is InChI=1S/C27H34O7S/c1-7-9-21(24-25(28)33-27(4,5)34-26(24)29)17-20(23(10-8-2)32-18-31-6)15-16-35(30)22-13-11-19(3)12-14-22/h7-8,11-17,21,23-24H,1-2,9-10,18H2,3-6H3/b16-15-,20-17-/t21-,23+,35?/m0/s1. The normalized spacial score (nSPS) is 19.0. The first-order chi connectivity index (χ1) is 16.6. The summed E-state index contributed by atoms with van der Waals surface area (Å²) in [5.74, 6) is -4.44. The lowest BCUT2D eigenvalue weighted by Gasteiger charge is -2.35. The molecule has 0 bridgehead atoms. The Hall–Kier alpha value is -2.81. The maximum Gasteiger partial charge on any atom is 0.324 e. The van der Waals surface area contributed by atoms with Crippen LogP contribution in [-0.4, -0.2) is 41.9 Å². The van der Waals surface area contributed by atoms with Gasteiger partial charge in [-0.2, -0.15) is 0 Å². The molecule has 1 fully saturated rings. The Morgan fingerprint density at radius 1 is 1.11 bits per heavy atom. The van der Waals surface area contributed by atoms with Gasteiger partial charge in [0.1, 0.15) is 6.79 Å². The number of hydrogen-bond acceptors (Lipinski definition) is 7. The number of methoxy groups -OCH3 is 1. The maximum atomic E-state index is 12.9. The van der Waals surface area contributed by atoms with Crippen molar-refractivity contribution in [3.05, 3.63) is 78.3 Å². The minimum Gasteiger partial charge on any atom is -0.422 e. The van der Waals surface area contributed by atoms with Crippen molar-refractivity contribution in [3.63, 3.8) is 0 Å². The van der Waals surface area contributed by atoms with Gasteiger partial charge in [0.15, 0.2) is 5.92 Å². The van der Waals surface area contributed by atoms with E-state index in [4.69, 9.17) is 18.9 Å². The number of carbonyl (C=O) groups excluding carboxylic acids is 2. The molecule has 0 aliphatic carbocycles. The lowest BCUT2D eigenvalue weighted by molar-refractivity contribution is -0.241. The van der Waals surface area contributed by atoms with E-state index in [2.05, 4.69) is 13.2 Å². The van der Waals surface area contributed by atoms with Crippen molar-refractivity contribution in [1.82, 2.24) is 0 Å². The van der Waals surface area contributed by atoms with Gasteiger partial charge in [0.2, 0.25) is 0 Å². The molecular weight excluding hydrogens is 468 g/mol. The van der Waals surface area contributed by atoms with Gasteiger partial charge in [-0.05, 0) is 43.5 Å². The monoisotopic (exact) mass is 502 g/mol. The van der Waals surface area contributed by atoms with Crippen LogP contribution < -0.4 is 0 Å². The topological polar surface area (TPSA) is 88.1 Å². The first-order valence-electron chi connectivity index (χ1n) is 11.3. The minimum absolute atomic E-state index is 0.0125. The van der Waals surface area contributed by atoms with Gasteiger partial charge in [0, 0.05) is 37.2 Å². The van der Waals surface area contributed by atoms with E-state index in [9.17, 15) is 13.8 Å². The molecule has 0 saturated carbocycles. The summed E-state index contributed by atoms with van der Waals surface area (Å²) in [5, 5.41) is 1.55. The van der Waals surface area contributed by atoms with E-state index in [1.165, 1.54) is 21.0 Å². The zero-order valence-electron chi connectivity index (χ0n) is 20.7. The van der Waals surface area contributed by atoms with Crippen molar-refractivity contribution < 1.29 is 32.7 Å². The third-order valence-electron chi connectivity index (χ3n) is 5.25. The average molecular weight is 503 g/mol. The number of rotatable bonds is 13. The Morgan fingerprint density at radius 2 is 1.71 bits per heavy atom. The summed E-state index contributed by atoms with van der Waals surface area (Å²) in [7, 11) is 0.0834. The summed E-state index contributed by atoms with van der Waals surface area (Å²) in [6.07, 6.45) is 6.94. The lowest BCUT2D eigenvalue weighted by atomic mass is 9.85. The highest BCUT2D eigenvalue weighted by Gasteiger charge is 2.46. The zero-order valence-corrected chi connectivity index (χ0v) is 21.5. The van der Waals surface area contributed by atoms with Crippen LogP contribution in [0.25, 0.3) is 0 Å². The number of hydrogen-bond donors (Lipinski definition) is 0. The number of ether oxygens (including phenoxy) is 4. The van der Waals surface area contributed by atoms with Crippen molar-refractivity contribution >= 4 is 22.7 Å². The molecule has 1 aromatic carbocycles. The number of benzene rings is 1. The second kappa shape index (κ2) is 13.3. The highest BCUT2D eigenvalue weighted by atomic mass is 32.2. The maximum absolute atomic E-state index is 12.9. The van der Waals surface area contributed by atoms with Crippen LogP contribution in [0.15, 0.2) is 77.6 Å². The van der Waals surface area contributed by atoms with E-state index < -0.39 is 46.5 Å². The third-order valence-corrected chi connectivity index (χ3v) is 6.37. The Kier molecular flexibility index (Phi) is 10.8. The molecule has 0 N–H and O–H groups in total. The van der Waals surface area contributed by atoms with Gasteiger partial charge in [-0.1, -0.05) is 35.9 Å². The predicted octanol–water partition coefficient (Wildman–Crippen LogP) is 4.75. The summed E-state index contributed by atoms with van der Waals surface area (Å²) in [6, 6.07) is 7.39. The number of carbonyl (C=O) groups is 2. The minimum atomic E-state index is -1.42. The first kappa shape index (κ1) is 28.4. The molecule has 3 atom stereocenters. The van der Waals surface area contributed by atoms with Crippen LogP contribution in [-0.2, 0) is 39.3 Å². The van der Waals surface area contributed by atoms with Crippen LogP contribution in [0, 0.1) is 18.8 Å². The Labute approximate surface area is 209 Å². The molecule has 190 valence electrons. The molecule has 1 aromatic rings. The van der Waals surface area contributed by atoms with E-state index in [1.807, 2.05) is 19.1 Å². The summed E-state index contributed by atoms with van der Waals surface area (Å²) in [4.78, 5) is 26.1. The number of allylic oxidation sites excluding steroid dienone is 2. The molecule has 0 amide bonds. The van der Waals surface area contributed by atoms with Crippen molar-refractivity contribution in [2.45, 2.75) is 50.4 Å². The van der Waals surface area contributed by atoms with Crippen molar-refractivity contribution in [2.24, 2.45) is 11.8 Å². The van der Waals surface area contributed by atoms with E-state index >= 15 is 0 Å². The molecule has 8 heteroatoms. The fourth-order valence-electron chi connectivity index (χ4n) is 3.58. The van der Waals surface area contributed by atoms with Gasteiger partial charge in [-0.25, -0.2) is 4.21 Å². The van der Waals surface area contributed by atoms with E-state index in [-0.39, 0.29) is 6.79 Å². The fraction of sp³-hybridized carbons (Fsp3) is 0.407. The number of esters is 2. The Morgan fingerprint density at radius 3 is 2.26 bits per heavy atom.